The number of hydrogen-bond acceptors (Lipinski definition) is 7. The van der Waals surface area contributed by atoms with Gasteiger partial charge in [-0.3, -0.25) is 14.6 Å². The molecule has 1 aliphatic heterocycles. The number of nitrogens with zero attached hydrogens (tertiary/aromatic N) is 3. The van der Waals surface area contributed by atoms with Crippen molar-refractivity contribution >= 4 is 27.3 Å². The van der Waals surface area contributed by atoms with Gasteiger partial charge in [-0.2, -0.15) is 0 Å². The van der Waals surface area contributed by atoms with Crippen LogP contribution >= 0.6 is 11.6 Å². The van der Waals surface area contributed by atoms with Gasteiger partial charge in [-0.1, -0.05) is 17.7 Å². The summed E-state index contributed by atoms with van der Waals surface area (Å²) in [4.78, 5) is 10.2. The molecule has 36 heavy (non-hydrogen) atoms. The Morgan fingerprint density at radius 2 is 1.92 bits per heavy atom. The second-order valence-electron chi connectivity index (χ2n) is 8.69. The monoisotopic (exact) mass is 534 g/mol. The maximum Gasteiger partial charge on any atom is 0.267 e. The Labute approximate surface area is 215 Å². The molecule has 0 saturated carbocycles. The number of nitrogens with one attached hydrogen (secondary N) is 1. The summed E-state index contributed by atoms with van der Waals surface area (Å²) in [6, 6.07) is 9.22. The fourth-order valence-corrected chi connectivity index (χ4v) is 5.63. The Hall–Kier alpha value is -2.79. The van der Waals surface area contributed by atoms with Crippen molar-refractivity contribution in [1.82, 2.24) is 14.9 Å². The first-order valence-corrected chi connectivity index (χ1v) is 13.4. The lowest BCUT2D eigenvalue weighted by Gasteiger charge is -2.35. The average molecular weight is 535 g/mol. The smallest absolute Gasteiger partial charge is 0.267 e. The van der Waals surface area contributed by atoms with Gasteiger partial charge >= 0.3 is 0 Å². The quantitative estimate of drug-likeness (QED) is 0.446. The van der Waals surface area contributed by atoms with Crippen LogP contribution in [-0.4, -0.2) is 55.2 Å². The summed E-state index contributed by atoms with van der Waals surface area (Å²) >= 11 is 5.97. The molecule has 3 aromatic rings. The maximum absolute atomic E-state index is 15.1. The maximum atomic E-state index is 15.1. The molecular weight excluding hydrogens is 507 g/mol. The molecule has 0 unspecified atom stereocenters. The highest BCUT2D eigenvalue weighted by Gasteiger charge is 2.24. The number of morpholine rings is 1. The molecule has 0 amide bonds. The molecule has 11 heteroatoms. The molecule has 0 radical (unpaired) electrons. The summed E-state index contributed by atoms with van der Waals surface area (Å²) in [5.41, 5.74) is 1.61. The fraction of sp³-hybridized carbons (Fsp3) is 0.360. The lowest BCUT2D eigenvalue weighted by atomic mass is 10.1. The summed E-state index contributed by atoms with van der Waals surface area (Å²) < 4.78 is 54.8. The largest absolute Gasteiger partial charge is 0.477 e. The Morgan fingerprint density at radius 1 is 1.17 bits per heavy atom. The molecule has 1 aliphatic rings. The van der Waals surface area contributed by atoms with Crippen LogP contribution in [0.5, 0.6) is 5.88 Å². The standard InChI is InChI=1S/C25H28ClFN4O4S/c1-4-34-25-24(10-19(26)12-29-25)36(32,33)30-20-7-8-28-23(11-20)21-6-5-18(9-22(21)27)15-31-13-16(2)35-17(3)14-31/h5-12,16-17H,4,13-15H2,1-3H3,(H,28,30)/t16-,17+. The summed E-state index contributed by atoms with van der Waals surface area (Å²) in [5, 5.41) is 0.150. The highest BCUT2D eigenvalue weighted by molar-refractivity contribution is 7.92. The summed E-state index contributed by atoms with van der Waals surface area (Å²) in [5.74, 6) is -0.499. The molecule has 0 aliphatic carbocycles. The first-order valence-electron chi connectivity index (χ1n) is 11.6. The Morgan fingerprint density at radius 3 is 2.61 bits per heavy atom. The van der Waals surface area contributed by atoms with Gasteiger partial charge in [0.2, 0.25) is 5.88 Å². The number of halogens is 2. The van der Waals surface area contributed by atoms with Crippen molar-refractivity contribution in [2.24, 2.45) is 0 Å². The van der Waals surface area contributed by atoms with Crippen LogP contribution in [0.1, 0.15) is 26.3 Å². The summed E-state index contributed by atoms with van der Waals surface area (Å²) in [7, 11) is -4.09. The number of aromatic nitrogens is 2. The van der Waals surface area contributed by atoms with Gasteiger partial charge in [0, 0.05) is 37.6 Å². The Kier molecular flexibility index (Phi) is 8.09. The van der Waals surface area contributed by atoms with Gasteiger partial charge in [0.25, 0.3) is 10.0 Å². The van der Waals surface area contributed by atoms with E-state index in [1.54, 1.807) is 13.0 Å². The molecule has 192 valence electrons. The predicted molar refractivity (Wildman–Crippen MR) is 136 cm³/mol. The fourth-order valence-electron chi connectivity index (χ4n) is 4.23. The highest BCUT2D eigenvalue weighted by atomic mass is 35.5. The van der Waals surface area contributed by atoms with E-state index in [1.807, 2.05) is 19.9 Å². The number of sulfonamides is 1. The minimum absolute atomic E-state index is 0.0608. The first kappa shape index (κ1) is 26.3. The van der Waals surface area contributed by atoms with Crippen LogP contribution in [0.4, 0.5) is 10.1 Å². The van der Waals surface area contributed by atoms with Crippen molar-refractivity contribution in [2.75, 3.05) is 24.4 Å². The summed E-state index contributed by atoms with van der Waals surface area (Å²) in [6.07, 6.45) is 2.97. The molecule has 1 saturated heterocycles. The van der Waals surface area contributed by atoms with E-state index in [0.29, 0.717) is 12.2 Å². The molecular formula is C25H28ClFN4O4S. The van der Waals surface area contributed by atoms with E-state index >= 15 is 4.39 Å². The third kappa shape index (κ3) is 6.31. The van der Waals surface area contributed by atoms with Crippen molar-refractivity contribution in [1.29, 1.82) is 0 Å². The molecule has 4 rings (SSSR count). The van der Waals surface area contributed by atoms with Gasteiger partial charge in [-0.15, -0.1) is 0 Å². The van der Waals surface area contributed by atoms with Crippen molar-refractivity contribution in [2.45, 2.75) is 44.4 Å². The molecule has 0 spiro atoms. The van der Waals surface area contributed by atoms with Crippen LogP contribution in [0, 0.1) is 5.82 Å². The number of ether oxygens (including phenoxy) is 2. The highest BCUT2D eigenvalue weighted by Crippen LogP contribution is 2.29. The van der Waals surface area contributed by atoms with E-state index in [-0.39, 0.29) is 45.9 Å². The second-order valence-corrected chi connectivity index (χ2v) is 10.8. The number of pyridine rings is 2. The van der Waals surface area contributed by atoms with Gasteiger partial charge in [0.05, 0.1) is 35.2 Å². The lowest BCUT2D eigenvalue weighted by Crippen LogP contribution is -2.44. The van der Waals surface area contributed by atoms with E-state index < -0.39 is 15.8 Å². The zero-order chi connectivity index (χ0) is 25.9. The third-order valence-electron chi connectivity index (χ3n) is 5.58. The van der Waals surface area contributed by atoms with Gasteiger partial charge in [-0.25, -0.2) is 17.8 Å². The van der Waals surface area contributed by atoms with Gasteiger partial charge in [0.15, 0.2) is 4.90 Å². The zero-order valence-electron chi connectivity index (χ0n) is 20.2. The molecule has 3 heterocycles. The van der Waals surface area contributed by atoms with E-state index in [9.17, 15) is 8.42 Å². The normalized spacial score (nSPS) is 18.7. The molecule has 1 fully saturated rings. The predicted octanol–water partition coefficient (Wildman–Crippen LogP) is 4.74. The molecule has 2 aromatic heterocycles. The first-order chi connectivity index (χ1) is 17.1. The minimum Gasteiger partial charge on any atom is -0.477 e. The molecule has 1 aromatic carbocycles. The average Bonchev–Trinajstić information content (AvgIpc) is 2.79. The van der Waals surface area contributed by atoms with E-state index in [0.717, 1.165) is 18.7 Å². The van der Waals surface area contributed by atoms with Gasteiger partial charge in [-0.05, 0) is 56.7 Å². The van der Waals surface area contributed by atoms with Crippen LogP contribution in [-0.2, 0) is 21.3 Å². The van der Waals surface area contributed by atoms with Crippen molar-refractivity contribution in [3.05, 3.63) is 65.2 Å². The van der Waals surface area contributed by atoms with E-state index in [4.69, 9.17) is 21.1 Å². The lowest BCUT2D eigenvalue weighted by molar-refractivity contribution is -0.0705. The Bertz CT molecular complexity index is 1330. The number of rotatable bonds is 8. The van der Waals surface area contributed by atoms with E-state index in [1.165, 1.54) is 36.7 Å². The van der Waals surface area contributed by atoms with Crippen LogP contribution < -0.4 is 9.46 Å². The molecule has 8 nitrogen and oxygen atoms in total. The SMILES string of the molecule is CCOc1ncc(Cl)cc1S(=O)(=O)Nc1ccnc(-c2ccc(CN3C[C@@H](C)O[C@@H](C)C3)cc2F)c1. The van der Waals surface area contributed by atoms with Crippen LogP contribution in [0.3, 0.4) is 0 Å². The van der Waals surface area contributed by atoms with E-state index in [2.05, 4.69) is 19.6 Å². The number of benzene rings is 1. The second kappa shape index (κ2) is 11.1. The van der Waals surface area contributed by atoms with Gasteiger partial charge in [0.1, 0.15) is 5.82 Å². The van der Waals surface area contributed by atoms with Crippen LogP contribution in [0.15, 0.2) is 53.7 Å². The number of anilines is 1. The third-order valence-corrected chi connectivity index (χ3v) is 7.16. The van der Waals surface area contributed by atoms with Crippen molar-refractivity contribution in [3.63, 3.8) is 0 Å². The molecule has 1 N–H and O–H groups in total. The summed E-state index contributed by atoms with van der Waals surface area (Å²) in [6.45, 7) is 8.18. The van der Waals surface area contributed by atoms with Crippen molar-refractivity contribution in [3.8, 4) is 17.1 Å². The Balaban J connectivity index is 1.54. The molecule has 0 bridgehead atoms. The number of hydrogen-bond donors (Lipinski definition) is 1. The zero-order valence-corrected chi connectivity index (χ0v) is 21.8. The van der Waals surface area contributed by atoms with Crippen LogP contribution in [0.2, 0.25) is 5.02 Å². The van der Waals surface area contributed by atoms with Crippen LogP contribution in [0.25, 0.3) is 11.3 Å². The topological polar surface area (TPSA) is 93.6 Å². The van der Waals surface area contributed by atoms with Crippen molar-refractivity contribution < 1.29 is 22.3 Å². The van der Waals surface area contributed by atoms with Gasteiger partial charge < -0.3 is 9.47 Å². The molecule has 2 atom stereocenters. The minimum atomic E-state index is -4.09.